The summed E-state index contributed by atoms with van der Waals surface area (Å²) in [5.74, 6) is -0.171. The van der Waals surface area contributed by atoms with Crippen molar-refractivity contribution in [2.24, 2.45) is 0 Å². The minimum Gasteiger partial charge on any atom is -0.313 e. The Kier molecular flexibility index (Phi) is 4.90. The maximum Gasteiger partial charge on any atom is 0.123 e. The highest BCUT2D eigenvalue weighted by Gasteiger charge is 2.02. The van der Waals surface area contributed by atoms with E-state index in [1.54, 1.807) is 6.07 Å². The number of aryl methyl sites for hydroxylation is 4. The van der Waals surface area contributed by atoms with Crippen LogP contribution in [0.3, 0.4) is 0 Å². The van der Waals surface area contributed by atoms with E-state index in [0.29, 0.717) is 6.54 Å². The molecule has 0 spiro atoms. The molecular formula is C16H22FN3. The summed E-state index contributed by atoms with van der Waals surface area (Å²) >= 11 is 0. The molecule has 20 heavy (non-hydrogen) atoms. The highest BCUT2D eigenvalue weighted by Crippen LogP contribution is 2.09. The first-order valence-corrected chi connectivity index (χ1v) is 7.03. The van der Waals surface area contributed by atoms with Crippen LogP contribution in [0.15, 0.2) is 24.3 Å². The fourth-order valence-corrected chi connectivity index (χ4v) is 2.31. The predicted octanol–water partition coefficient (Wildman–Crippen LogP) is 3.13. The van der Waals surface area contributed by atoms with Gasteiger partial charge < -0.3 is 5.32 Å². The van der Waals surface area contributed by atoms with Crippen LogP contribution >= 0.6 is 0 Å². The number of hydrogen-bond acceptors (Lipinski definition) is 2. The van der Waals surface area contributed by atoms with Gasteiger partial charge >= 0.3 is 0 Å². The van der Waals surface area contributed by atoms with E-state index < -0.39 is 0 Å². The van der Waals surface area contributed by atoms with E-state index in [2.05, 4.69) is 23.4 Å². The molecule has 2 rings (SSSR count). The van der Waals surface area contributed by atoms with Crippen LogP contribution in [0.5, 0.6) is 0 Å². The molecule has 3 nitrogen and oxygen atoms in total. The molecule has 0 saturated carbocycles. The SMILES string of the molecule is Cc1cc(C)n(CCCNCc2cc(F)ccc2C)n1. The van der Waals surface area contributed by atoms with Crippen molar-refractivity contribution < 1.29 is 4.39 Å². The van der Waals surface area contributed by atoms with Crippen LogP contribution in [0.1, 0.15) is 28.9 Å². The summed E-state index contributed by atoms with van der Waals surface area (Å²) in [5, 5.41) is 7.79. The maximum absolute atomic E-state index is 13.2. The van der Waals surface area contributed by atoms with E-state index in [4.69, 9.17) is 0 Å². The molecule has 108 valence electrons. The number of aromatic nitrogens is 2. The molecule has 1 aromatic carbocycles. The van der Waals surface area contributed by atoms with Crippen LogP contribution in [0.2, 0.25) is 0 Å². The van der Waals surface area contributed by atoms with Gasteiger partial charge in [-0.1, -0.05) is 6.07 Å². The second-order valence-corrected chi connectivity index (χ2v) is 5.25. The first kappa shape index (κ1) is 14.7. The fourth-order valence-electron chi connectivity index (χ4n) is 2.31. The average molecular weight is 275 g/mol. The first-order valence-electron chi connectivity index (χ1n) is 7.03. The van der Waals surface area contributed by atoms with Crippen LogP contribution in [-0.4, -0.2) is 16.3 Å². The van der Waals surface area contributed by atoms with Gasteiger partial charge in [-0.05, 0) is 63.1 Å². The van der Waals surface area contributed by atoms with E-state index in [1.807, 2.05) is 24.6 Å². The third-order valence-electron chi connectivity index (χ3n) is 3.45. The van der Waals surface area contributed by atoms with Crippen molar-refractivity contribution >= 4 is 0 Å². The summed E-state index contributed by atoms with van der Waals surface area (Å²) in [6, 6.07) is 7.01. The second-order valence-electron chi connectivity index (χ2n) is 5.25. The van der Waals surface area contributed by atoms with Gasteiger partial charge in [0.1, 0.15) is 5.82 Å². The number of nitrogens with one attached hydrogen (secondary N) is 1. The van der Waals surface area contributed by atoms with E-state index in [9.17, 15) is 4.39 Å². The van der Waals surface area contributed by atoms with E-state index in [-0.39, 0.29) is 5.82 Å². The number of rotatable bonds is 6. The van der Waals surface area contributed by atoms with Crippen LogP contribution in [0.25, 0.3) is 0 Å². The van der Waals surface area contributed by atoms with Crippen molar-refractivity contribution in [3.63, 3.8) is 0 Å². The fraction of sp³-hybridized carbons (Fsp3) is 0.438. The topological polar surface area (TPSA) is 29.9 Å². The highest BCUT2D eigenvalue weighted by molar-refractivity contribution is 5.26. The van der Waals surface area contributed by atoms with Gasteiger partial charge in [0.05, 0.1) is 5.69 Å². The van der Waals surface area contributed by atoms with Gasteiger partial charge in [-0.25, -0.2) is 4.39 Å². The molecule has 0 amide bonds. The molecule has 0 unspecified atom stereocenters. The quantitative estimate of drug-likeness (QED) is 0.821. The minimum absolute atomic E-state index is 0.171. The summed E-state index contributed by atoms with van der Waals surface area (Å²) in [5.41, 5.74) is 4.41. The molecular weight excluding hydrogens is 253 g/mol. The third-order valence-corrected chi connectivity index (χ3v) is 3.45. The average Bonchev–Trinajstić information content (AvgIpc) is 2.71. The van der Waals surface area contributed by atoms with Gasteiger partial charge in [-0.15, -0.1) is 0 Å². The summed E-state index contributed by atoms with van der Waals surface area (Å²) < 4.78 is 15.2. The van der Waals surface area contributed by atoms with Crippen LogP contribution < -0.4 is 5.32 Å². The zero-order valence-electron chi connectivity index (χ0n) is 12.4. The molecule has 2 aromatic rings. The third kappa shape index (κ3) is 3.90. The number of nitrogens with zero attached hydrogens (tertiary/aromatic N) is 2. The van der Waals surface area contributed by atoms with Crippen LogP contribution in [-0.2, 0) is 13.1 Å². The lowest BCUT2D eigenvalue weighted by Gasteiger charge is -2.09. The zero-order chi connectivity index (χ0) is 14.5. The molecule has 0 radical (unpaired) electrons. The molecule has 0 aliphatic carbocycles. The van der Waals surface area contributed by atoms with Crippen molar-refractivity contribution in [2.75, 3.05) is 6.54 Å². The molecule has 0 aliphatic heterocycles. The normalized spacial score (nSPS) is 11.0. The molecule has 0 bridgehead atoms. The smallest absolute Gasteiger partial charge is 0.123 e. The summed E-state index contributed by atoms with van der Waals surface area (Å²) in [6.45, 7) is 8.61. The number of benzene rings is 1. The second kappa shape index (κ2) is 6.66. The molecule has 1 aromatic heterocycles. The van der Waals surface area contributed by atoms with Crippen LogP contribution in [0, 0.1) is 26.6 Å². The molecule has 0 aliphatic rings. The van der Waals surface area contributed by atoms with Crippen molar-refractivity contribution in [3.05, 3.63) is 52.6 Å². The van der Waals surface area contributed by atoms with Crippen molar-refractivity contribution in [3.8, 4) is 0 Å². The zero-order valence-corrected chi connectivity index (χ0v) is 12.4. The molecule has 1 heterocycles. The first-order chi connectivity index (χ1) is 9.56. The summed E-state index contributed by atoms with van der Waals surface area (Å²) in [6.07, 6.45) is 1.01. The standard InChI is InChI=1S/C16H22FN3/c1-12-5-6-16(17)10-15(12)11-18-7-4-8-20-14(3)9-13(2)19-20/h5-6,9-10,18H,4,7-8,11H2,1-3H3. The monoisotopic (exact) mass is 275 g/mol. The predicted molar refractivity (Wildman–Crippen MR) is 79.2 cm³/mol. The van der Waals surface area contributed by atoms with E-state index in [0.717, 1.165) is 36.3 Å². The molecule has 0 fully saturated rings. The van der Waals surface area contributed by atoms with Gasteiger partial charge in [-0.3, -0.25) is 4.68 Å². The Morgan fingerprint density at radius 1 is 1.20 bits per heavy atom. The number of halogens is 1. The van der Waals surface area contributed by atoms with Crippen molar-refractivity contribution in [1.29, 1.82) is 0 Å². The Morgan fingerprint density at radius 3 is 2.70 bits per heavy atom. The Morgan fingerprint density at radius 2 is 2.00 bits per heavy atom. The van der Waals surface area contributed by atoms with Crippen LogP contribution in [0.4, 0.5) is 4.39 Å². The molecule has 0 atom stereocenters. The Hall–Kier alpha value is -1.68. The summed E-state index contributed by atoms with van der Waals surface area (Å²) in [4.78, 5) is 0. The highest BCUT2D eigenvalue weighted by atomic mass is 19.1. The Labute approximate surface area is 119 Å². The van der Waals surface area contributed by atoms with Gasteiger partial charge in [0, 0.05) is 18.8 Å². The minimum atomic E-state index is -0.171. The van der Waals surface area contributed by atoms with Gasteiger partial charge in [-0.2, -0.15) is 5.10 Å². The molecule has 1 N–H and O–H groups in total. The summed E-state index contributed by atoms with van der Waals surface area (Å²) in [7, 11) is 0. The largest absolute Gasteiger partial charge is 0.313 e. The van der Waals surface area contributed by atoms with E-state index in [1.165, 1.54) is 11.8 Å². The lowest BCUT2D eigenvalue weighted by atomic mass is 10.1. The van der Waals surface area contributed by atoms with Crippen molar-refractivity contribution in [2.45, 2.75) is 40.3 Å². The Balaban J connectivity index is 1.74. The molecule has 4 heteroatoms. The Bertz CT molecular complexity index is 575. The van der Waals surface area contributed by atoms with E-state index >= 15 is 0 Å². The van der Waals surface area contributed by atoms with Crippen molar-refractivity contribution in [1.82, 2.24) is 15.1 Å². The number of hydrogen-bond donors (Lipinski definition) is 1. The lowest BCUT2D eigenvalue weighted by molar-refractivity contribution is 0.531. The van der Waals surface area contributed by atoms with Gasteiger partial charge in [0.15, 0.2) is 0 Å². The van der Waals surface area contributed by atoms with Gasteiger partial charge in [0.2, 0.25) is 0 Å². The maximum atomic E-state index is 13.2. The molecule has 0 saturated heterocycles. The van der Waals surface area contributed by atoms with Gasteiger partial charge in [0.25, 0.3) is 0 Å². The lowest BCUT2D eigenvalue weighted by Crippen LogP contribution is -2.17.